The van der Waals surface area contributed by atoms with E-state index in [0.29, 0.717) is 17.7 Å². The van der Waals surface area contributed by atoms with Crippen LogP contribution in [0.3, 0.4) is 0 Å². The number of nitrogens with zero attached hydrogens (tertiary/aromatic N) is 4. The average Bonchev–Trinajstić information content (AvgIpc) is 3.47. The largest absolute Gasteiger partial charge is 0.382 e. The van der Waals surface area contributed by atoms with E-state index in [2.05, 4.69) is 41.8 Å². The lowest BCUT2D eigenvalue weighted by atomic mass is 10.1. The lowest BCUT2D eigenvalue weighted by Crippen LogP contribution is -2.03. The third-order valence-corrected chi connectivity index (χ3v) is 6.70. The fraction of sp³-hybridized carbons (Fsp3) is 0.0714. The molecule has 1 N–H and O–H groups in total. The van der Waals surface area contributed by atoms with Gasteiger partial charge in [-0.15, -0.1) is 0 Å². The van der Waals surface area contributed by atoms with Crippen molar-refractivity contribution < 1.29 is 13.9 Å². The number of halogens is 4. The summed E-state index contributed by atoms with van der Waals surface area (Å²) in [5.74, 6) is -0.575. The molecule has 6 aromatic rings. The van der Waals surface area contributed by atoms with Gasteiger partial charge in [-0.05, 0) is 91.5 Å². The average molecular weight is 626 g/mol. The summed E-state index contributed by atoms with van der Waals surface area (Å²) in [5, 5.41) is 10.4. The Balaban J connectivity index is 0.000000152. The van der Waals surface area contributed by atoms with Crippen LogP contribution in [0.2, 0.25) is 0 Å². The monoisotopic (exact) mass is 624 g/mol. The maximum Gasteiger partial charge on any atom is 0.137 e. The summed E-state index contributed by atoms with van der Waals surface area (Å²) in [6.07, 6.45) is 6.95. The van der Waals surface area contributed by atoms with E-state index in [-0.39, 0.29) is 11.6 Å². The van der Waals surface area contributed by atoms with Crippen LogP contribution in [0.5, 0.6) is 0 Å². The van der Waals surface area contributed by atoms with E-state index in [9.17, 15) is 13.9 Å². The van der Waals surface area contributed by atoms with Crippen LogP contribution < -0.4 is 0 Å². The zero-order chi connectivity index (χ0) is 25.9. The fourth-order valence-electron chi connectivity index (χ4n) is 4.02. The molecule has 0 aliphatic carbocycles. The minimum atomic E-state index is -0.917. The maximum atomic E-state index is 13.2. The highest BCUT2D eigenvalue weighted by Gasteiger charge is 2.16. The molecule has 0 bridgehead atoms. The number of benzene rings is 2. The molecule has 1 unspecified atom stereocenters. The third kappa shape index (κ3) is 5.79. The van der Waals surface area contributed by atoms with Gasteiger partial charge in [0.15, 0.2) is 0 Å². The summed E-state index contributed by atoms with van der Waals surface area (Å²) in [5.41, 5.74) is 4.70. The lowest BCUT2D eigenvalue weighted by Gasteiger charge is -2.11. The number of imidazole rings is 2. The Hall–Kier alpha value is -3.40. The second-order valence-electron chi connectivity index (χ2n) is 8.35. The lowest BCUT2D eigenvalue weighted by molar-refractivity contribution is 0.214. The van der Waals surface area contributed by atoms with Gasteiger partial charge in [-0.3, -0.25) is 4.40 Å². The molecule has 4 heterocycles. The van der Waals surface area contributed by atoms with Gasteiger partial charge in [-0.1, -0.05) is 24.3 Å². The van der Waals surface area contributed by atoms with Crippen LogP contribution in [-0.2, 0) is 6.42 Å². The number of aliphatic hydroxyl groups excluding tert-OH is 1. The first-order valence-corrected chi connectivity index (χ1v) is 12.9. The van der Waals surface area contributed by atoms with Crippen LogP contribution in [-0.4, -0.2) is 23.9 Å². The van der Waals surface area contributed by atoms with Crippen LogP contribution in [0.4, 0.5) is 8.78 Å². The molecular formula is C28H20Br2F2N4O. The quantitative estimate of drug-likeness (QED) is 0.226. The number of hydrogen-bond acceptors (Lipinski definition) is 3. The molecule has 37 heavy (non-hydrogen) atoms. The van der Waals surface area contributed by atoms with Gasteiger partial charge in [0.05, 0.1) is 11.9 Å². The van der Waals surface area contributed by atoms with Gasteiger partial charge in [-0.2, -0.15) is 0 Å². The Bertz CT molecular complexity index is 1700. The highest BCUT2D eigenvalue weighted by Crippen LogP contribution is 2.24. The molecule has 0 aliphatic rings. The van der Waals surface area contributed by atoms with E-state index in [1.807, 2.05) is 53.3 Å². The number of aliphatic hydroxyl groups is 1. The van der Waals surface area contributed by atoms with Crippen LogP contribution in [0.1, 0.15) is 28.6 Å². The molecule has 0 radical (unpaired) electrons. The molecule has 0 amide bonds. The van der Waals surface area contributed by atoms with Crippen LogP contribution in [0.25, 0.3) is 11.3 Å². The van der Waals surface area contributed by atoms with Crippen LogP contribution in [0, 0.1) is 11.6 Å². The molecule has 4 aromatic heterocycles. The Labute approximate surface area is 228 Å². The first kappa shape index (κ1) is 25.3. The number of pyridine rings is 2. The van der Waals surface area contributed by atoms with E-state index in [1.165, 1.54) is 18.2 Å². The van der Waals surface area contributed by atoms with Crippen LogP contribution >= 0.6 is 31.9 Å². The molecule has 6 rings (SSSR count). The number of aromatic nitrogens is 4. The number of fused-ring (bicyclic) bond motifs is 2. The molecular weight excluding hydrogens is 606 g/mol. The van der Waals surface area contributed by atoms with E-state index < -0.39 is 6.10 Å². The predicted octanol–water partition coefficient (Wildman–Crippen LogP) is 7.14. The minimum absolute atomic E-state index is 0.206. The number of rotatable bonds is 4. The summed E-state index contributed by atoms with van der Waals surface area (Å²) < 4.78 is 32.0. The van der Waals surface area contributed by atoms with Gasteiger partial charge >= 0.3 is 0 Å². The summed E-state index contributed by atoms with van der Waals surface area (Å²) in [4.78, 5) is 8.54. The van der Waals surface area contributed by atoms with E-state index >= 15 is 0 Å². The van der Waals surface area contributed by atoms with Crippen molar-refractivity contribution in [1.29, 1.82) is 0 Å². The topological polar surface area (TPSA) is 54.8 Å². The molecule has 5 nitrogen and oxygen atoms in total. The van der Waals surface area contributed by atoms with Gasteiger partial charge < -0.3 is 9.51 Å². The molecule has 0 spiro atoms. The standard InChI is InChI=1S/C14H10BrFN2O.C14H10BrFN2/c15-10-4-5-13-17-7-12(18(13)8-10)14(19)9-2-1-3-11(16)6-9;15-11-4-5-14-17-8-13(18(14)9-11)7-10-2-1-3-12(16)6-10/h1-8,14,19H;1-6,8-9H,7H2. The predicted molar refractivity (Wildman–Crippen MR) is 145 cm³/mol. The summed E-state index contributed by atoms with van der Waals surface area (Å²) >= 11 is 6.82. The third-order valence-electron chi connectivity index (χ3n) is 5.76. The van der Waals surface area contributed by atoms with Gasteiger partial charge in [0.2, 0.25) is 0 Å². The second kappa shape index (κ2) is 10.9. The summed E-state index contributed by atoms with van der Waals surface area (Å²) in [7, 11) is 0. The van der Waals surface area contributed by atoms with Gasteiger partial charge in [0.25, 0.3) is 0 Å². The van der Waals surface area contributed by atoms with Gasteiger partial charge in [0.1, 0.15) is 29.0 Å². The second-order valence-corrected chi connectivity index (χ2v) is 10.2. The smallest absolute Gasteiger partial charge is 0.137 e. The summed E-state index contributed by atoms with van der Waals surface area (Å²) in [6.45, 7) is 0. The fourth-order valence-corrected chi connectivity index (χ4v) is 4.69. The highest BCUT2D eigenvalue weighted by atomic mass is 79.9. The van der Waals surface area contributed by atoms with E-state index in [0.717, 1.165) is 31.5 Å². The zero-order valence-electron chi connectivity index (χ0n) is 19.3. The molecule has 2 aromatic carbocycles. The Morgan fingerprint density at radius 1 is 0.757 bits per heavy atom. The van der Waals surface area contributed by atoms with Crippen molar-refractivity contribution >= 4 is 43.2 Å². The summed E-state index contributed by atoms with van der Waals surface area (Å²) in [6, 6.07) is 20.2. The van der Waals surface area contributed by atoms with Crippen molar-refractivity contribution in [3.63, 3.8) is 0 Å². The zero-order valence-corrected chi connectivity index (χ0v) is 22.4. The molecule has 0 saturated heterocycles. The molecule has 1 atom stereocenters. The molecule has 0 saturated carbocycles. The molecule has 0 fully saturated rings. The van der Waals surface area contributed by atoms with Crippen molar-refractivity contribution in [2.45, 2.75) is 12.5 Å². The van der Waals surface area contributed by atoms with Gasteiger partial charge in [-0.25, -0.2) is 18.7 Å². The SMILES string of the molecule is Fc1cccc(Cc2cnc3ccc(Br)cn23)c1.OC(c1cccc(F)c1)c1cnc2ccc(Br)cn12. The Morgan fingerprint density at radius 3 is 2.08 bits per heavy atom. The van der Waals surface area contributed by atoms with Crippen LogP contribution in [0.15, 0.2) is 107 Å². The van der Waals surface area contributed by atoms with Crippen molar-refractivity contribution in [2.75, 3.05) is 0 Å². The minimum Gasteiger partial charge on any atom is -0.382 e. The van der Waals surface area contributed by atoms with Crippen molar-refractivity contribution in [3.05, 3.63) is 141 Å². The maximum absolute atomic E-state index is 13.2. The normalized spacial score (nSPS) is 11.9. The van der Waals surface area contributed by atoms with E-state index in [1.54, 1.807) is 34.9 Å². The molecule has 0 aliphatic heterocycles. The van der Waals surface area contributed by atoms with Crippen molar-refractivity contribution in [1.82, 2.24) is 18.8 Å². The highest BCUT2D eigenvalue weighted by molar-refractivity contribution is 9.10. The van der Waals surface area contributed by atoms with E-state index in [4.69, 9.17) is 0 Å². The number of hydrogen-bond donors (Lipinski definition) is 1. The first-order chi connectivity index (χ1) is 17.9. The van der Waals surface area contributed by atoms with Crippen molar-refractivity contribution in [3.8, 4) is 0 Å². The molecule has 186 valence electrons. The Morgan fingerprint density at radius 2 is 1.38 bits per heavy atom. The van der Waals surface area contributed by atoms with Gasteiger partial charge in [0, 0.05) is 39.7 Å². The molecule has 9 heteroatoms. The Kier molecular flexibility index (Phi) is 7.45. The van der Waals surface area contributed by atoms with Crippen molar-refractivity contribution in [2.24, 2.45) is 0 Å². The first-order valence-electron chi connectivity index (χ1n) is 11.3.